The first-order valence-electron chi connectivity index (χ1n) is 10.6. The molecule has 0 spiro atoms. The first kappa shape index (κ1) is 22.1. The number of para-hydroxylation sites is 1. The van der Waals surface area contributed by atoms with Crippen LogP contribution in [0.5, 0.6) is 5.75 Å². The first-order chi connectivity index (χ1) is 15.2. The van der Waals surface area contributed by atoms with Crippen LogP contribution in [0.2, 0.25) is 0 Å². The molecule has 1 aromatic carbocycles. The van der Waals surface area contributed by atoms with Crippen molar-refractivity contribution in [3.8, 4) is 11.8 Å². The second-order valence-corrected chi connectivity index (χ2v) is 8.79. The number of nitrogens with zero attached hydrogens (tertiary/aromatic N) is 3. The van der Waals surface area contributed by atoms with Crippen molar-refractivity contribution < 1.29 is 17.9 Å². The average molecular weight is 446 g/mol. The van der Waals surface area contributed by atoms with Gasteiger partial charge in [0.2, 0.25) is 5.95 Å². The highest BCUT2D eigenvalue weighted by atomic mass is 19.4. The highest BCUT2D eigenvalue weighted by Gasteiger charge is 2.46. The van der Waals surface area contributed by atoms with Gasteiger partial charge in [-0.2, -0.15) is 10.2 Å². The summed E-state index contributed by atoms with van der Waals surface area (Å²) in [5.41, 5.74) is 7.15. The third kappa shape index (κ3) is 5.05. The quantitative estimate of drug-likeness (QED) is 0.581. The van der Waals surface area contributed by atoms with Crippen LogP contribution in [0.4, 0.5) is 24.9 Å². The van der Waals surface area contributed by atoms with Gasteiger partial charge in [-0.3, -0.25) is 0 Å². The molecule has 3 aliphatic carbocycles. The van der Waals surface area contributed by atoms with E-state index in [2.05, 4.69) is 31.4 Å². The highest BCUT2D eigenvalue weighted by molar-refractivity contribution is 5.53. The molecule has 32 heavy (non-hydrogen) atoms. The van der Waals surface area contributed by atoms with Crippen molar-refractivity contribution in [1.82, 2.24) is 9.97 Å². The van der Waals surface area contributed by atoms with Crippen LogP contribution in [0.3, 0.4) is 0 Å². The largest absolute Gasteiger partial charge is 0.573 e. The van der Waals surface area contributed by atoms with Gasteiger partial charge in [-0.1, -0.05) is 18.2 Å². The monoisotopic (exact) mass is 446 g/mol. The lowest BCUT2D eigenvalue weighted by Crippen LogP contribution is -2.53. The lowest BCUT2D eigenvalue weighted by molar-refractivity contribution is -0.274. The summed E-state index contributed by atoms with van der Waals surface area (Å²) in [6, 6.07) is 7.95. The van der Waals surface area contributed by atoms with Gasteiger partial charge in [0.15, 0.2) is 0 Å². The number of aromatic nitrogens is 2. The first-order valence-corrected chi connectivity index (χ1v) is 10.6. The van der Waals surface area contributed by atoms with E-state index in [0.29, 0.717) is 23.5 Å². The SMILES string of the molecule is N#Cc1cnc(NCc2ccccc2OC(F)(F)F)nc1NCC12CCC(N)(CC1)CC2. The van der Waals surface area contributed by atoms with E-state index in [1.165, 1.54) is 24.4 Å². The van der Waals surface area contributed by atoms with E-state index in [4.69, 9.17) is 5.73 Å². The molecule has 0 radical (unpaired) electrons. The molecular formula is C22H25F3N6O. The van der Waals surface area contributed by atoms with Gasteiger partial charge in [-0.05, 0) is 50.0 Å². The zero-order valence-corrected chi connectivity index (χ0v) is 17.5. The summed E-state index contributed by atoms with van der Waals surface area (Å²) in [7, 11) is 0. The molecule has 1 heterocycles. The number of hydrogen-bond acceptors (Lipinski definition) is 7. The minimum absolute atomic E-state index is 0.0162. The van der Waals surface area contributed by atoms with Gasteiger partial charge in [-0.15, -0.1) is 13.2 Å². The van der Waals surface area contributed by atoms with Gasteiger partial charge in [0, 0.05) is 24.2 Å². The number of alkyl halides is 3. The van der Waals surface area contributed by atoms with E-state index in [0.717, 1.165) is 38.5 Å². The van der Waals surface area contributed by atoms with Gasteiger partial charge >= 0.3 is 6.36 Å². The molecule has 0 unspecified atom stereocenters. The maximum Gasteiger partial charge on any atom is 0.573 e. The zero-order valence-electron chi connectivity index (χ0n) is 17.5. The normalized spacial score (nSPS) is 24.6. The molecule has 0 saturated heterocycles. The minimum atomic E-state index is -4.78. The summed E-state index contributed by atoms with van der Waals surface area (Å²) in [5, 5.41) is 15.7. The van der Waals surface area contributed by atoms with E-state index >= 15 is 0 Å². The Balaban J connectivity index is 1.43. The fourth-order valence-electron chi connectivity index (χ4n) is 4.56. The van der Waals surface area contributed by atoms with E-state index in [1.54, 1.807) is 6.07 Å². The van der Waals surface area contributed by atoms with Crippen molar-refractivity contribution in [2.24, 2.45) is 11.1 Å². The van der Waals surface area contributed by atoms with Gasteiger partial charge in [0.1, 0.15) is 23.2 Å². The fourth-order valence-corrected chi connectivity index (χ4v) is 4.56. The van der Waals surface area contributed by atoms with Crippen molar-refractivity contribution in [3.05, 3.63) is 41.6 Å². The van der Waals surface area contributed by atoms with Gasteiger partial charge < -0.3 is 21.1 Å². The third-order valence-corrected chi connectivity index (χ3v) is 6.63. The predicted octanol–water partition coefficient (Wildman–Crippen LogP) is 4.32. The van der Waals surface area contributed by atoms with Crippen molar-refractivity contribution in [1.29, 1.82) is 5.26 Å². The minimum Gasteiger partial charge on any atom is -0.405 e. The summed E-state index contributed by atoms with van der Waals surface area (Å²) in [6.45, 7) is 0.719. The molecule has 0 atom stereocenters. The summed E-state index contributed by atoms with van der Waals surface area (Å²) < 4.78 is 42.0. The summed E-state index contributed by atoms with van der Waals surface area (Å²) >= 11 is 0. The Hall–Kier alpha value is -3.06. The highest BCUT2D eigenvalue weighted by Crippen LogP contribution is 2.51. The van der Waals surface area contributed by atoms with E-state index in [9.17, 15) is 18.4 Å². The number of halogens is 3. The number of nitrogens with two attached hydrogens (primary N) is 1. The molecule has 5 rings (SSSR count). The summed E-state index contributed by atoms with van der Waals surface area (Å²) in [6.07, 6.45) is 2.79. The van der Waals surface area contributed by atoms with Crippen molar-refractivity contribution in [2.45, 2.75) is 57.0 Å². The lowest BCUT2D eigenvalue weighted by atomic mass is 9.57. The van der Waals surface area contributed by atoms with E-state index in [1.807, 2.05) is 0 Å². The van der Waals surface area contributed by atoms with Crippen LogP contribution in [-0.2, 0) is 6.54 Å². The summed E-state index contributed by atoms with van der Waals surface area (Å²) in [4.78, 5) is 8.51. The smallest absolute Gasteiger partial charge is 0.405 e. The van der Waals surface area contributed by atoms with Gasteiger partial charge in [-0.25, -0.2) is 4.98 Å². The average Bonchev–Trinajstić information content (AvgIpc) is 2.77. The Bertz CT molecular complexity index is 995. The van der Waals surface area contributed by atoms with Crippen LogP contribution in [0, 0.1) is 16.7 Å². The maximum absolute atomic E-state index is 12.6. The molecule has 3 fully saturated rings. The van der Waals surface area contributed by atoms with Gasteiger partial charge in [0.25, 0.3) is 0 Å². The number of hydrogen-bond donors (Lipinski definition) is 3. The molecule has 0 aliphatic heterocycles. The van der Waals surface area contributed by atoms with E-state index in [-0.39, 0.29) is 29.2 Å². The number of nitriles is 1. The predicted molar refractivity (Wildman–Crippen MR) is 113 cm³/mol. The molecule has 4 N–H and O–H groups in total. The zero-order chi connectivity index (χ0) is 22.8. The summed E-state index contributed by atoms with van der Waals surface area (Å²) in [5.74, 6) is 0.331. The van der Waals surface area contributed by atoms with Crippen molar-refractivity contribution >= 4 is 11.8 Å². The number of ether oxygens (including phenoxy) is 1. The molecule has 7 nitrogen and oxygen atoms in total. The van der Waals surface area contributed by atoms with Crippen LogP contribution in [-0.4, -0.2) is 28.4 Å². The molecule has 2 bridgehead atoms. The molecule has 3 aliphatic rings. The third-order valence-electron chi connectivity index (χ3n) is 6.63. The number of rotatable bonds is 7. The molecule has 0 amide bonds. The van der Waals surface area contributed by atoms with Crippen LogP contribution < -0.4 is 21.1 Å². The Morgan fingerprint density at radius 2 is 1.78 bits per heavy atom. The number of nitrogens with one attached hydrogen (secondary N) is 2. The Kier molecular flexibility index (Phi) is 5.86. The number of fused-ring (bicyclic) bond motifs is 3. The Labute approximate surface area is 184 Å². The lowest BCUT2D eigenvalue weighted by Gasteiger charge is -2.52. The molecule has 170 valence electrons. The second-order valence-electron chi connectivity index (χ2n) is 8.79. The molecule has 2 aromatic rings. The number of benzene rings is 1. The fraction of sp³-hybridized carbons (Fsp3) is 0.500. The molecule has 10 heteroatoms. The van der Waals surface area contributed by atoms with Gasteiger partial charge in [0.05, 0.1) is 6.20 Å². The van der Waals surface area contributed by atoms with Crippen LogP contribution in [0.25, 0.3) is 0 Å². The second kappa shape index (κ2) is 8.47. The van der Waals surface area contributed by atoms with Crippen LogP contribution in [0.1, 0.15) is 49.7 Å². The molecule has 3 saturated carbocycles. The molecule has 1 aromatic heterocycles. The van der Waals surface area contributed by atoms with Crippen molar-refractivity contribution in [3.63, 3.8) is 0 Å². The maximum atomic E-state index is 12.6. The standard InChI is InChI=1S/C22H25F3N6O/c23-22(24,25)32-17-4-2-1-3-15(17)12-28-19-29-13-16(11-26)18(31-19)30-14-20-5-8-21(27,9-6-20)10-7-20/h1-4,13H,5-10,12,14,27H2,(H2,28,29,30,31). The number of anilines is 2. The van der Waals surface area contributed by atoms with Crippen LogP contribution in [0.15, 0.2) is 30.5 Å². The topological polar surface area (TPSA) is 109 Å². The Morgan fingerprint density at radius 3 is 2.44 bits per heavy atom. The van der Waals surface area contributed by atoms with Crippen molar-refractivity contribution in [2.75, 3.05) is 17.2 Å². The molecular weight excluding hydrogens is 421 g/mol. The van der Waals surface area contributed by atoms with E-state index < -0.39 is 6.36 Å². The Morgan fingerprint density at radius 1 is 1.09 bits per heavy atom. The van der Waals surface area contributed by atoms with Crippen LogP contribution >= 0.6 is 0 Å².